The Morgan fingerprint density at radius 3 is 1.60 bits per heavy atom. The predicted octanol–water partition coefficient (Wildman–Crippen LogP) is 6.20. The molecule has 0 spiro atoms. The number of Topliss-reactive ketones (excluding diaryl/α,β-unsaturated/α-hetero) is 2. The lowest BCUT2D eigenvalue weighted by molar-refractivity contribution is -0.145. The Morgan fingerprint density at radius 1 is 0.634 bits per heavy atom. The molecule has 4 aliphatic heterocycles. The van der Waals surface area contributed by atoms with Gasteiger partial charge in [-0.05, 0) is 91.4 Å². The van der Waals surface area contributed by atoms with E-state index in [-0.39, 0.29) is 207 Å². The highest BCUT2D eigenvalue weighted by molar-refractivity contribution is 8.00. The molecule has 0 radical (unpaired) electrons. The maximum absolute atomic E-state index is 14.4. The Kier molecular flexibility index (Phi) is 44.4. The average molecular weight is 1360 g/mol. The van der Waals surface area contributed by atoms with Crippen molar-refractivity contribution in [3.05, 3.63) is 71.8 Å². The van der Waals surface area contributed by atoms with Crippen molar-refractivity contribution in [3.63, 3.8) is 0 Å². The molecular weight excluding hydrogens is 1270 g/mol. The molecule has 27 heteroatoms. The smallest absolute Gasteiger partial charge is 0.247 e. The number of likely N-dealkylation sites (N-methyl/N-ethyl adjacent to an activating group) is 1. The number of rotatable bonds is 18. The van der Waals surface area contributed by atoms with Crippen LogP contribution >= 0.6 is 158 Å². The van der Waals surface area contributed by atoms with Gasteiger partial charge in [-0.25, -0.2) is 0 Å². The molecule has 466 valence electrons. The van der Waals surface area contributed by atoms with Crippen LogP contribution in [0.15, 0.2) is 60.7 Å². The molecular formula is C55H91N7O8S12. The Balaban J connectivity index is -0.00000198. The maximum Gasteiger partial charge on any atom is 0.247 e. The monoisotopic (exact) mass is 1360 g/mol. The van der Waals surface area contributed by atoms with Crippen molar-refractivity contribution in [2.24, 2.45) is 22.7 Å². The molecule has 5 N–H and O–H groups in total. The molecule has 0 aromatic heterocycles. The second kappa shape index (κ2) is 41.1. The van der Waals surface area contributed by atoms with E-state index >= 15 is 0 Å². The zero-order valence-corrected chi connectivity index (χ0v) is 59.4. The van der Waals surface area contributed by atoms with E-state index in [4.69, 9.17) is 0 Å². The first kappa shape index (κ1) is 88.6. The van der Waals surface area contributed by atoms with E-state index < -0.39 is 70.7 Å². The van der Waals surface area contributed by atoms with E-state index in [1.54, 1.807) is 95.8 Å². The largest absolute Gasteiger partial charge is 0.344 e. The minimum absolute atomic E-state index is 0. The van der Waals surface area contributed by atoms with Gasteiger partial charge in [-0.3, -0.25) is 38.4 Å². The van der Waals surface area contributed by atoms with Gasteiger partial charge in [-0.2, -0.15) is 135 Å². The zero-order valence-electron chi connectivity index (χ0n) is 47.8. The molecule has 15 nitrogen and oxygen atoms in total. The van der Waals surface area contributed by atoms with Gasteiger partial charge in [0.15, 0.2) is 5.78 Å². The van der Waals surface area contributed by atoms with E-state index in [2.05, 4.69) is 50.3 Å². The van der Waals surface area contributed by atoms with Gasteiger partial charge >= 0.3 is 0 Å². The summed E-state index contributed by atoms with van der Waals surface area (Å²) < 4.78 is 0. The molecule has 4 heterocycles. The van der Waals surface area contributed by atoms with Gasteiger partial charge in [0.2, 0.25) is 35.4 Å². The quantitative estimate of drug-likeness (QED) is 0.107. The highest BCUT2D eigenvalue weighted by Gasteiger charge is 2.56. The summed E-state index contributed by atoms with van der Waals surface area (Å²) in [6, 6.07) is 12.8. The highest BCUT2D eigenvalue weighted by Crippen LogP contribution is 2.48. The van der Waals surface area contributed by atoms with Gasteiger partial charge in [-0.1, -0.05) is 114 Å². The predicted molar refractivity (Wildman–Crippen MR) is 384 cm³/mol. The van der Waals surface area contributed by atoms with Crippen LogP contribution in [0.3, 0.4) is 0 Å². The SMILES string of the molecule is CC[C@@H](C)C(=O)N[C@H]1CCS[C@H]2CC(C)(C)[C@@H](C(=O)N[C@H](C(=O)CCC#CC#CCNC(=O)[C@@H](NC(=O)[C@H]3N4C(=O)[C@@H](CC(=O)[C@H](C)NC)CCS[C@H]4CC3(C)C)c3ccccc3)c3ccccc3)N2C1=O.S.S.S.S.S.S.S.S.S.S. The molecule has 6 rings (SSSR count). The number of nitrogens with zero attached hydrogens (tertiary/aromatic N) is 2. The molecule has 10 atom stereocenters. The summed E-state index contributed by atoms with van der Waals surface area (Å²) in [5.74, 6) is 9.29. The van der Waals surface area contributed by atoms with Crippen molar-refractivity contribution >= 4 is 205 Å². The number of amides is 6. The van der Waals surface area contributed by atoms with Crippen molar-refractivity contribution in [2.45, 2.75) is 147 Å². The van der Waals surface area contributed by atoms with Crippen molar-refractivity contribution in [1.82, 2.24) is 36.4 Å². The molecule has 4 aliphatic rings. The molecule has 2 aromatic rings. The molecule has 4 saturated heterocycles. The number of carbonyl (C=O) groups excluding carboxylic acids is 8. The summed E-state index contributed by atoms with van der Waals surface area (Å²) in [7, 11) is 1.70. The van der Waals surface area contributed by atoms with Crippen LogP contribution in [-0.4, -0.2) is 117 Å². The van der Waals surface area contributed by atoms with Crippen LogP contribution in [0.25, 0.3) is 0 Å². The first-order valence-electron chi connectivity index (χ1n) is 25.1. The van der Waals surface area contributed by atoms with E-state index in [0.717, 1.165) is 0 Å². The summed E-state index contributed by atoms with van der Waals surface area (Å²) in [6.07, 6.45) is 3.00. The molecule has 2 aromatic carbocycles. The maximum atomic E-state index is 14.4. The van der Waals surface area contributed by atoms with Crippen LogP contribution in [0.2, 0.25) is 0 Å². The van der Waals surface area contributed by atoms with Gasteiger partial charge in [0, 0.05) is 31.1 Å². The summed E-state index contributed by atoms with van der Waals surface area (Å²) in [5, 5.41) is 14.1. The fourth-order valence-electron chi connectivity index (χ4n) is 10.0. The summed E-state index contributed by atoms with van der Waals surface area (Å²) >= 11 is 3.23. The second-order valence-electron chi connectivity index (χ2n) is 20.7. The van der Waals surface area contributed by atoms with Gasteiger partial charge in [0.1, 0.15) is 36.0 Å². The topological polar surface area (TPSA) is 203 Å². The van der Waals surface area contributed by atoms with Crippen LogP contribution in [0, 0.1) is 46.3 Å². The summed E-state index contributed by atoms with van der Waals surface area (Å²) in [4.78, 5) is 114. The third kappa shape index (κ3) is 22.5. The van der Waals surface area contributed by atoms with E-state index in [0.29, 0.717) is 54.7 Å². The lowest BCUT2D eigenvalue weighted by Gasteiger charge is -2.35. The van der Waals surface area contributed by atoms with Gasteiger partial charge < -0.3 is 36.4 Å². The van der Waals surface area contributed by atoms with Crippen molar-refractivity contribution in [3.8, 4) is 23.7 Å². The number of benzene rings is 2. The van der Waals surface area contributed by atoms with Crippen molar-refractivity contribution in [1.29, 1.82) is 0 Å². The van der Waals surface area contributed by atoms with Crippen LogP contribution in [0.1, 0.15) is 123 Å². The van der Waals surface area contributed by atoms with Crippen LogP contribution in [0.4, 0.5) is 0 Å². The number of nitrogens with one attached hydrogen (secondary N) is 5. The first-order valence-corrected chi connectivity index (χ1v) is 27.2. The van der Waals surface area contributed by atoms with Gasteiger partial charge in [0.05, 0.1) is 23.3 Å². The third-order valence-electron chi connectivity index (χ3n) is 14.5. The van der Waals surface area contributed by atoms with Crippen LogP contribution < -0.4 is 26.6 Å². The zero-order chi connectivity index (χ0) is 52.3. The van der Waals surface area contributed by atoms with Gasteiger partial charge in [-0.15, -0.1) is 23.5 Å². The van der Waals surface area contributed by atoms with Gasteiger partial charge in [0.25, 0.3) is 0 Å². The van der Waals surface area contributed by atoms with E-state index in [9.17, 15) is 38.4 Å². The molecule has 4 fully saturated rings. The average Bonchev–Trinajstić information content (AvgIpc) is 3.68. The Bertz CT molecular complexity index is 2330. The lowest BCUT2D eigenvalue weighted by Crippen LogP contribution is -2.57. The van der Waals surface area contributed by atoms with Crippen LogP contribution in [0.5, 0.6) is 0 Å². The Hall–Kier alpha value is -2.12. The number of fused-ring (bicyclic) bond motifs is 2. The molecule has 0 aliphatic carbocycles. The number of hydrogen-bond donors (Lipinski definition) is 5. The Morgan fingerprint density at radius 2 is 1.10 bits per heavy atom. The third-order valence-corrected chi connectivity index (χ3v) is 17.0. The summed E-state index contributed by atoms with van der Waals surface area (Å²) in [5.41, 5.74) is -0.0995. The normalized spacial score (nSPS) is 21.7. The van der Waals surface area contributed by atoms with E-state index in [1.165, 1.54) is 0 Å². The molecule has 82 heavy (non-hydrogen) atoms. The van der Waals surface area contributed by atoms with E-state index in [1.807, 2.05) is 53.7 Å². The number of ketones is 2. The fraction of sp³-hybridized carbons (Fsp3) is 0.564. The minimum atomic E-state index is -1.10. The minimum Gasteiger partial charge on any atom is -0.344 e. The molecule has 0 bridgehead atoms. The van der Waals surface area contributed by atoms with Crippen molar-refractivity contribution in [2.75, 3.05) is 25.1 Å². The molecule has 6 amide bonds. The summed E-state index contributed by atoms with van der Waals surface area (Å²) in [6.45, 7) is 13.2. The number of thioether (sulfide) groups is 2. The number of hydrogen-bond acceptors (Lipinski definition) is 11. The number of carbonyl (C=O) groups is 8. The first-order chi connectivity index (χ1) is 34.3. The van der Waals surface area contributed by atoms with Crippen LogP contribution in [-0.2, 0) is 38.4 Å². The molecule has 0 unspecified atom stereocenters. The Labute approximate surface area is 565 Å². The highest BCUT2D eigenvalue weighted by atomic mass is 32.2. The molecule has 0 saturated carbocycles. The van der Waals surface area contributed by atoms with Crippen molar-refractivity contribution < 1.29 is 38.4 Å². The fourth-order valence-corrected chi connectivity index (χ4v) is 13.2. The lowest BCUT2D eigenvalue weighted by atomic mass is 9.83. The standard InChI is InChI=1S/C55H71N7O8S2.10H2S/c1-9-34(2)48(65)58-39-27-30-72-43-33-55(6,7)47(62(43)53(39)70)50(67)59-44(36-21-15-13-16-22-36)40(63)25-19-11-10-12-20-28-57-49(66)45(37-23-17-14-18-24-37)60-51(68)46-54(4,5)32-42-61(46)52(69)38(26-29-71-42)31-41(64)35(3)56-8;;;;;;;;;;/h13-18,21-24,34-35,38-39,42-47,56H,9,19,25-33H2,1-8H3,(H,57,66)(H,58,65)(H,59,67)(H,60,68);10*1H2/t34-,35+,38-,39+,42+,43+,44+,45+,46-,47-;;;;;;;;;;/m1........../s1. The second-order valence-corrected chi connectivity index (χ2v) is 23.2.